The molecule has 0 aliphatic heterocycles. The van der Waals surface area contributed by atoms with Gasteiger partial charge in [0.1, 0.15) is 0 Å². The number of hydrogen-bond donors (Lipinski definition) is 3. The van der Waals surface area contributed by atoms with Gasteiger partial charge in [0.25, 0.3) is 0 Å². The van der Waals surface area contributed by atoms with Gasteiger partial charge in [0, 0.05) is 12.8 Å². The number of esters is 1. The molecular formula is C78H155NO5. The Hall–Kier alpha value is -1.14. The number of ether oxygens (including phenoxy) is 1. The molecule has 0 aromatic rings. The lowest BCUT2D eigenvalue weighted by molar-refractivity contribution is -0.143. The third kappa shape index (κ3) is 70.0. The average Bonchev–Trinajstić information content (AvgIpc) is 3.51. The molecule has 2 unspecified atom stereocenters. The first-order chi connectivity index (χ1) is 41.5. The van der Waals surface area contributed by atoms with E-state index >= 15 is 0 Å². The fraction of sp³-hybridized carbons (Fsp3) is 0.974. The van der Waals surface area contributed by atoms with Gasteiger partial charge in [0.15, 0.2) is 0 Å². The molecule has 0 bridgehead atoms. The molecule has 0 aromatic carbocycles. The molecule has 3 N–H and O–H groups in total. The van der Waals surface area contributed by atoms with Crippen LogP contribution in [-0.4, -0.2) is 47.4 Å². The Morgan fingerprint density at radius 1 is 0.286 bits per heavy atom. The van der Waals surface area contributed by atoms with E-state index in [-0.39, 0.29) is 18.5 Å². The molecule has 84 heavy (non-hydrogen) atoms. The van der Waals surface area contributed by atoms with Crippen LogP contribution < -0.4 is 5.32 Å². The van der Waals surface area contributed by atoms with Crippen LogP contribution in [0.2, 0.25) is 0 Å². The predicted octanol–water partition coefficient (Wildman–Crippen LogP) is 25.7. The van der Waals surface area contributed by atoms with E-state index in [1.54, 1.807) is 0 Å². The van der Waals surface area contributed by atoms with Crippen LogP contribution in [0.25, 0.3) is 0 Å². The highest BCUT2D eigenvalue weighted by molar-refractivity contribution is 5.76. The molecule has 0 saturated carbocycles. The number of hydrogen-bond acceptors (Lipinski definition) is 5. The van der Waals surface area contributed by atoms with Crippen molar-refractivity contribution in [2.24, 2.45) is 0 Å². The highest BCUT2D eigenvalue weighted by Crippen LogP contribution is 2.21. The summed E-state index contributed by atoms with van der Waals surface area (Å²) < 4.78 is 5.52. The van der Waals surface area contributed by atoms with Crippen molar-refractivity contribution >= 4 is 11.9 Å². The van der Waals surface area contributed by atoms with E-state index in [1.165, 1.54) is 392 Å². The van der Waals surface area contributed by atoms with E-state index in [0.29, 0.717) is 25.9 Å². The van der Waals surface area contributed by atoms with Gasteiger partial charge in [-0.2, -0.15) is 0 Å². The fourth-order valence-corrected chi connectivity index (χ4v) is 12.9. The molecule has 0 rings (SSSR count). The Labute approximate surface area is 527 Å². The number of aliphatic hydroxyl groups is 2. The van der Waals surface area contributed by atoms with E-state index < -0.39 is 12.1 Å². The summed E-state index contributed by atoms with van der Waals surface area (Å²) >= 11 is 0. The van der Waals surface area contributed by atoms with Gasteiger partial charge in [-0.05, 0) is 25.7 Å². The minimum Gasteiger partial charge on any atom is -0.466 e. The molecule has 0 heterocycles. The van der Waals surface area contributed by atoms with Crippen molar-refractivity contribution in [2.75, 3.05) is 13.2 Å². The lowest BCUT2D eigenvalue weighted by Gasteiger charge is -2.22. The van der Waals surface area contributed by atoms with Crippen LogP contribution in [0.1, 0.15) is 463 Å². The van der Waals surface area contributed by atoms with E-state index in [0.717, 1.165) is 38.5 Å². The molecule has 0 aliphatic carbocycles. The van der Waals surface area contributed by atoms with Gasteiger partial charge < -0.3 is 20.3 Å². The molecule has 502 valence electrons. The van der Waals surface area contributed by atoms with E-state index in [4.69, 9.17) is 4.74 Å². The number of nitrogens with one attached hydrogen (secondary N) is 1. The molecule has 0 spiro atoms. The normalized spacial score (nSPS) is 12.4. The zero-order chi connectivity index (χ0) is 60.6. The minimum atomic E-state index is -0.661. The minimum absolute atomic E-state index is 0.0258. The maximum Gasteiger partial charge on any atom is 0.305 e. The van der Waals surface area contributed by atoms with Gasteiger partial charge in [0.05, 0.1) is 25.4 Å². The van der Waals surface area contributed by atoms with Gasteiger partial charge in [-0.25, -0.2) is 0 Å². The van der Waals surface area contributed by atoms with Crippen molar-refractivity contribution in [2.45, 2.75) is 475 Å². The summed E-state index contributed by atoms with van der Waals surface area (Å²) in [6.45, 7) is 5.02. The number of unbranched alkanes of at least 4 members (excludes halogenated alkanes) is 64. The largest absolute Gasteiger partial charge is 0.466 e. The first-order valence-corrected chi connectivity index (χ1v) is 39.3. The summed E-state index contributed by atoms with van der Waals surface area (Å²) in [6.07, 6.45) is 91.9. The molecule has 6 nitrogen and oxygen atoms in total. The van der Waals surface area contributed by atoms with E-state index in [2.05, 4.69) is 19.2 Å². The van der Waals surface area contributed by atoms with Crippen LogP contribution in [0, 0.1) is 0 Å². The Kier molecular flexibility index (Phi) is 73.3. The van der Waals surface area contributed by atoms with Crippen LogP contribution >= 0.6 is 0 Å². The Morgan fingerprint density at radius 2 is 0.488 bits per heavy atom. The summed E-state index contributed by atoms with van der Waals surface area (Å²) in [4.78, 5) is 24.7. The van der Waals surface area contributed by atoms with Crippen LogP contribution in [0.3, 0.4) is 0 Å². The molecule has 0 aliphatic rings. The van der Waals surface area contributed by atoms with Crippen molar-refractivity contribution < 1.29 is 24.5 Å². The second-order valence-corrected chi connectivity index (χ2v) is 27.4. The summed E-state index contributed by atoms with van der Waals surface area (Å²) in [5.74, 6) is 0.000742. The zero-order valence-corrected chi connectivity index (χ0v) is 57.7. The predicted molar refractivity (Wildman–Crippen MR) is 371 cm³/mol. The number of aliphatic hydroxyl groups excluding tert-OH is 2. The number of carbonyl (C=O) groups is 2. The second kappa shape index (κ2) is 74.3. The van der Waals surface area contributed by atoms with Gasteiger partial charge in [-0.15, -0.1) is 0 Å². The molecule has 2 atom stereocenters. The Morgan fingerprint density at radius 3 is 0.726 bits per heavy atom. The second-order valence-electron chi connectivity index (χ2n) is 27.4. The number of carbonyl (C=O) groups excluding carboxylic acids is 2. The SMILES string of the molecule is CCCCCCCCCCCCCCCCCCCCCC(=O)OCCCCCCCCCCCCCCCCCCCCCCCCCCCCCCCCC(=O)NC(CO)C(O)CCCCCCCCCCCCCCCCCCCC. The van der Waals surface area contributed by atoms with Crippen LogP contribution in [0.15, 0.2) is 0 Å². The Balaban J connectivity index is 3.30. The average molecular weight is 1190 g/mol. The fourth-order valence-electron chi connectivity index (χ4n) is 12.9. The smallest absolute Gasteiger partial charge is 0.305 e. The van der Waals surface area contributed by atoms with Crippen molar-refractivity contribution in [3.05, 3.63) is 0 Å². The van der Waals surface area contributed by atoms with Crippen LogP contribution in [-0.2, 0) is 14.3 Å². The summed E-state index contributed by atoms with van der Waals surface area (Å²) in [7, 11) is 0. The van der Waals surface area contributed by atoms with Crippen molar-refractivity contribution in [3.63, 3.8) is 0 Å². The van der Waals surface area contributed by atoms with Crippen LogP contribution in [0.5, 0.6) is 0 Å². The van der Waals surface area contributed by atoms with Crippen molar-refractivity contribution in [1.29, 1.82) is 0 Å². The van der Waals surface area contributed by atoms with Gasteiger partial charge in [-0.3, -0.25) is 9.59 Å². The molecule has 0 saturated heterocycles. The van der Waals surface area contributed by atoms with Gasteiger partial charge in [0.2, 0.25) is 5.91 Å². The topological polar surface area (TPSA) is 95.9 Å². The maximum absolute atomic E-state index is 12.5. The maximum atomic E-state index is 12.5. The third-order valence-corrected chi connectivity index (χ3v) is 18.9. The molecule has 1 amide bonds. The monoisotopic (exact) mass is 1190 g/mol. The van der Waals surface area contributed by atoms with E-state index in [1.807, 2.05) is 0 Å². The molecule has 0 aromatic heterocycles. The molecule has 0 fully saturated rings. The highest BCUT2D eigenvalue weighted by atomic mass is 16.5. The van der Waals surface area contributed by atoms with Crippen molar-refractivity contribution in [3.8, 4) is 0 Å². The number of rotatable bonds is 75. The summed E-state index contributed by atoms with van der Waals surface area (Å²) in [5, 5.41) is 23.4. The molecule has 0 radical (unpaired) electrons. The summed E-state index contributed by atoms with van der Waals surface area (Å²) in [6, 6.07) is -0.538. The highest BCUT2D eigenvalue weighted by Gasteiger charge is 2.20. The first kappa shape index (κ1) is 82.9. The zero-order valence-electron chi connectivity index (χ0n) is 57.7. The lowest BCUT2D eigenvalue weighted by atomic mass is 10.0. The Bertz CT molecular complexity index is 1230. The molecule has 6 heteroatoms. The quantitative estimate of drug-likeness (QED) is 0.0417. The van der Waals surface area contributed by atoms with Gasteiger partial charge in [-0.1, -0.05) is 425 Å². The lowest BCUT2D eigenvalue weighted by Crippen LogP contribution is -2.45. The number of amides is 1. The standard InChI is InChI=1S/C78H155NO5/c1-3-5-7-9-11-13-15-17-19-21-35-40-44-48-52-56-60-64-68-72-78(83)84-73-69-65-61-57-53-49-45-41-37-34-32-30-28-26-24-23-25-27-29-31-33-36-39-43-47-51-55-59-63-67-71-77(82)79-75(74-80)76(81)70-66-62-58-54-50-46-42-38-22-20-18-16-14-12-10-8-6-4-2/h75-76,80-81H,3-74H2,1-2H3,(H,79,82). The van der Waals surface area contributed by atoms with Crippen molar-refractivity contribution in [1.82, 2.24) is 5.32 Å². The van der Waals surface area contributed by atoms with E-state index in [9.17, 15) is 19.8 Å². The van der Waals surface area contributed by atoms with Crippen LogP contribution in [0.4, 0.5) is 0 Å². The molecular weight excluding hydrogens is 1030 g/mol. The third-order valence-electron chi connectivity index (χ3n) is 18.9. The first-order valence-electron chi connectivity index (χ1n) is 39.3. The van der Waals surface area contributed by atoms with Gasteiger partial charge >= 0.3 is 5.97 Å². The summed E-state index contributed by atoms with van der Waals surface area (Å²) in [5.41, 5.74) is 0.